The van der Waals surface area contributed by atoms with Gasteiger partial charge >= 0.3 is 0 Å². The second-order valence-corrected chi connectivity index (χ2v) is 4.20. The number of thiocarbonyl (C=S) groups is 1. The van der Waals surface area contributed by atoms with E-state index >= 15 is 0 Å². The molecule has 0 fully saturated rings. The summed E-state index contributed by atoms with van der Waals surface area (Å²) in [5.74, 6) is -0.266. The molecule has 6 nitrogen and oxygen atoms in total. The Morgan fingerprint density at radius 1 is 1.71 bits per heavy atom. The molecule has 1 aromatic heterocycles. The lowest BCUT2D eigenvalue weighted by molar-refractivity contribution is -0.118. The molecule has 0 aromatic carbocycles. The second kappa shape index (κ2) is 6.95. The van der Waals surface area contributed by atoms with E-state index in [1.165, 1.54) is 6.33 Å². The molecule has 17 heavy (non-hydrogen) atoms. The highest BCUT2D eigenvalue weighted by atomic mass is 32.1. The van der Waals surface area contributed by atoms with Crippen LogP contribution in [0, 0.1) is 12.3 Å². The van der Waals surface area contributed by atoms with Gasteiger partial charge in [-0.15, -0.1) is 0 Å². The maximum Gasteiger partial charge on any atom is 0.217 e. The lowest BCUT2D eigenvalue weighted by Gasteiger charge is -2.11. The van der Waals surface area contributed by atoms with E-state index in [1.54, 1.807) is 11.0 Å². The van der Waals surface area contributed by atoms with E-state index < -0.39 is 0 Å². The Kier molecular flexibility index (Phi) is 5.55. The van der Waals surface area contributed by atoms with E-state index in [0.717, 1.165) is 0 Å². The molecule has 3 N–H and O–H groups in total. The van der Waals surface area contributed by atoms with E-state index in [2.05, 4.69) is 15.4 Å². The summed E-state index contributed by atoms with van der Waals surface area (Å²) in [6.07, 6.45) is 5.26. The van der Waals surface area contributed by atoms with E-state index in [1.807, 2.05) is 13.3 Å². The number of nitrogens with two attached hydrogens (primary N) is 1. The standard InChI is InChI=1S/C10H16N5OS/c1-8(4-9(11)16)5-10(17)13-2-3-15-7-12-6-14-15/h5-8H,2-4H2,1H3,(H2,11,16)(H,13,17)/t8-/m1/s1. The van der Waals surface area contributed by atoms with Crippen LogP contribution in [0.1, 0.15) is 13.3 Å². The first-order chi connectivity index (χ1) is 8.08. The fourth-order valence-electron chi connectivity index (χ4n) is 1.34. The van der Waals surface area contributed by atoms with Crippen LogP contribution >= 0.6 is 12.2 Å². The number of carbonyl (C=O) groups is 1. The molecule has 0 saturated heterocycles. The van der Waals surface area contributed by atoms with Gasteiger partial charge < -0.3 is 11.1 Å². The van der Waals surface area contributed by atoms with Crippen LogP contribution < -0.4 is 11.1 Å². The molecule has 1 rings (SSSR count). The van der Waals surface area contributed by atoms with Gasteiger partial charge in [-0.1, -0.05) is 19.1 Å². The number of nitrogens with one attached hydrogen (secondary N) is 1. The van der Waals surface area contributed by atoms with Crippen LogP contribution in [0.15, 0.2) is 12.7 Å². The quantitative estimate of drug-likeness (QED) is 0.664. The topological polar surface area (TPSA) is 85.8 Å². The Morgan fingerprint density at radius 3 is 3.06 bits per heavy atom. The first-order valence-corrected chi connectivity index (χ1v) is 5.72. The fourth-order valence-corrected chi connectivity index (χ4v) is 1.67. The van der Waals surface area contributed by atoms with Crippen molar-refractivity contribution in [2.45, 2.75) is 19.9 Å². The van der Waals surface area contributed by atoms with E-state index in [-0.39, 0.29) is 11.8 Å². The van der Waals surface area contributed by atoms with Crippen LogP contribution in [0.2, 0.25) is 0 Å². The summed E-state index contributed by atoms with van der Waals surface area (Å²) in [7, 11) is 0. The number of aromatic nitrogens is 3. The van der Waals surface area contributed by atoms with Gasteiger partial charge in [0.05, 0.1) is 11.5 Å². The highest BCUT2D eigenvalue weighted by Gasteiger charge is 2.09. The van der Waals surface area contributed by atoms with Crippen molar-refractivity contribution >= 4 is 23.1 Å². The molecule has 7 heteroatoms. The summed E-state index contributed by atoms with van der Waals surface area (Å²) in [6.45, 7) is 3.26. The molecule has 0 aliphatic rings. The molecule has 0 spiro atoms. The Bertz CT molecular complexity index is 365. The minimum absolute atomic E-state index is 0.0545. The molecule has 0 saturated carbocycles. The number of carbonyl (C=O) groups excluding carboxylic acids is 1. The van der Waals surface area contributed by atoms with Crippen molar-refractivity contribution in [2.75, 3.05) is 6.54 Å². The van der Waals surface area contributed by atoms with Crippen molar-refractivity contribution in [3.63, 3.8) is 0 Å². The molecule has 1 atom stereocenters. The lowest BCUT2D eigenvalue weighted by atomic mass is 10.0. The zero-order chi connectivity index (χ0) is 12.7. The van der Waals surface area contributed by atoms with E-state index in [9.17, 15) is 4.79 Å². The molecule has 0 aliphatic carbocycles. The van der Waals surface area contributed by atoms with Crippen LogP contribution in [-0.4, -0.2) is 32.2 Å². The van der Waals surface area contributed by atoms with Crippen molar-refractivity contribution in [3.05, 3.63) is 19.1 Å². The summed E-state index contributed by atoms with van der Waals surface area (Å²) in [5.41, 5.74) is 5.09. The third-order valence-electron chi connectivity index (χ3n) is 2.07. The van der Waals surface area contributed by atoms with Gasteiger partial charge in [-0.2, -0.15) is 5.10 Å². The normalized spacial score (nSPS) is 12.1. The van der Waals surface area contributed by atoms with Gasteiger partial charge in [-0.05, 0) is 5.92 Å². The number of primary amides is 1. The number of amides is 1. The summed E-state index contributed by atoms with van der Waals surface area (Å²) in [4.78, 5) is 15.1. The van der Waals surface area contributed by atoms with Crippen LogP contribution in [0.3, 0.4) is 0 Å². The number of nitrogens with zero attached hydrogens (tertiary/aromatic N) is 3. The molecule has 1 heterocycles. The minimum atomic E-state index is -0.320. The zero-order valence-electron chi connectivity index (χ0n) is 9.67. The average Bonchev–Trinajstić information content (AvgIpc) is 2.68. The largest absolute Gasteiger partial charge is 0.378 e. The van der Waals surface area contributed by atoms with Crippen molar-refractivity contribution < 1.29 is 4.79 Å². The summed E-state index contributed by atoms with van der Waals surface area (Å²) in [6, 6.07) is 0. The van der Waals surface area contributed by atoms with Crippen molar-refractivity contribution in [3.8, 4) is 0 Å². The molecular weight excluding hydrogens is 238 g/mol. The molecular formula is C10H16N5OS. The Morgan fingerprint density at radius 2 is 2.47 bits per heavy atom. The molecule has 0 bridgehead atoms. The molecule has 1 amide bonds. The van der Waals surface area contributed by atoms with Gasteiger partial charge in [-0.25, -0.2) is 4.98 Å². The minimum Gasteiger partial charge on any atom is -0.378 e. The van der Waals surface area contributed by atoms with Gasteiger partial charge in [0.2, 0.25) is 5.91 Å². The van der Waals surface area contributed by atoms with Crippen molar-refractivity contribution in [2.24, 2.45) is 11.7 Å². The summed E-state index contributed by atoms with van der Waals surface area (Å²) in [5, 5.41) is 7.02. The van der Waals surface area contributed by atoms with Gasteiger partial charge in [0.1, 0.15) is 12.7 Å². The molecule has 93 valence electrons. The fraction of sp³-hybridized carbons (Fsp3) is 0.500. The highest BCUT2D eigenvalue weighted by molar-refractivity contribution is 7.80. The van der Waals surface area contributed by atoms with Gasteiger partial charge in [0.15, 0.2) is 0 Å². The SMILES string of the molecule is C[C@@H]([CH]C(=S)NCCn1cncn1)CC(N)=O. The molecule has 0 unspecified atom stereocenters. The van der Waals surface area contributed by atoms with E-state index in [4.69, 9.17) is 18.0 Å². The van der Waals surface area contributed by atoms with Gasteiger partial charge in [0, 0.05) is 19.4 Å². The lowest BCUT2D eigenvalue weighted by Crippen LogP contribution is -2.28. The zero-order valence-corrected chi connectivity index (χ0v) is 10.5. The first-order valence-electron chi connectivity index (χ1n) is 5.31. The number of hydrogen-bond acceptors (Lipinski definition) is 4. The number of rotatable bonds is 7. The number of hydrogen-bond donors (Lipinski definition) is 2. The van der Waals surface area contributed by atoms with E-state index in [0.29, 0.717) is 24.5 Å². The predicted octanol–water partition coefficient (Wildman–Crippen LogP) is -0.0891. The van der Waals surface area contributed by atoms with Gasteiger partial charge in [-0.3, -0.25) is 9.48 Å². The maximum atomic E-state index is 10.7. The Labute approximate surface area is 106 Å². The Balaban J connectivity index is 2.14. The van der Waals surface area contributed by atoms with Crippen molar-refractivity contribution in [1.29, 1.82) is 0 Å². The van der Waals surface area contributed by atoms with Crippen LogP contribution in [-0.2, 0) is 11.3 Å². The predicted molar refractivity (Wildman–Crippen MR) is 67.9 cm³/mol. The van der Waals surface area contributed by atoms with Crippen molar-refractivity contribution in [1.82, 2.24) is 20.1 Å². The highest BCUT2D eigenvalue weighted by Crippen LogP contribution is 2.05. The maximum absolute atomic E-state index is 10.7. The van der Waals surface area contributed by atoms with Crippen LogP contribution in [0.5, 0.6) is 0 Å². The molecule has 1 aromatic rings. The second-order valence-electron chi connectivity index (χ2n) is 3.76. The third kappa shape index (κ3) is 5.96. The van der Waals surface area contributed by atoms with Crippen LogP contribution in [0.4, 0.5) is 0 Å². The smallest absolute Gasteiger partial charge is 0.217 e. The molecule has 0 aliphatic heterocycles. The average molecular weight is 254 g/mol. The third-order valence-corrected chi connectivity index (χ3v) is 2.35. The monoisotopic (exact) mass is 254 g/mol. The first kappa shape index (κ1) is 13.6. The van der Waals surface area contributed by atoms with Gasteiger partial charge in [0.25, 0.3) is 0 Å². The van der Waals surface area contributed by atoms with Crippen LogP contribution in [0.25, 0.3) is 0 Å². The summed E-state index contributed by atoms with van der Waals surface area (Å²) < 4.78 is 1.71. The Hall–Kier alpha value is -1.50. The summed E-state index contributed by atoms with van der Waals surface area (Å²) >= 11 is 5.11. The molecule has 1 radical (unpaired) electrons.